The third kappa shape index (κ3) is 4.64. The Kier molecular flexibility index (Phi) is 5.14. The zero-order valence-corrected chi connectivity index (χ0v) is 11.2. The van der Waals surface area contributed by atoms with E-state index < -0.39 is 11.9 Å². The molecule has 0 aromatic carbocycles. The van der Waals surface area contributed by atoms with Crippen LogP contribution in [0.1, 0.15) is 46.0 Å². The van der Waals surface area contributed by atoms with E-state index in [0.29, 0.717) is 18.8 Å². The summed E-state index contributed by atoms with van der Waals surface area (Å²) in [6.07, 6.45) is 3.73. The van der Waals surface area contributed by atoms with Crippen LogP contribution in [0.3, 0.4) is 0 Å². The molecular weight excluding hydrogens is 232 g/mol. The molecule has 1 aliphatic carbocycles. The van der Waals surface area contributed by atoms with Gasteiger partial charge in [-0.25, -0.2) is 0 Å². The predicted molar refractivity (Wildman–Crippen MR) is 69.0 cm³/mol. The van der Waals surface area contributed by atoms with E-state index >= 15 is 0 Å². The normalized spacial score (nSPS) is 19.1. The van der Waals surface area contributed by atoms with Crippen molar-refractivity contribution < 1.29 is 14.7 Å². The number of aliphatic carboxylic acids is 1. The van der Waals surface area contributed by atoms with Gasteiger partial charge in [-0.1, -0.05) is 13.8 Å². The summed E-state index contributed by atoms with van der Waals surface area (Å²) >= 11 is 0. The van der Waals surface area contributed by atoms with Gasteiger partial charge in [-0.2, -0.15) is 0 Å². The zero-order chi connectivity index (χ0) is 13.8. The van der Waals surface area contributed by atoms with Crippen LogP contribution in [0.5, 0.6) is 0 Å². The third-order valence-electron chi connectivity index (χ3n) is 3.51. The smallest absolute Gasteiger partial charge is 0.308 e. The van der Waals surface area contributed by atoms with Crippen LogP contribution in [-0.2, 0) is 9.59 Å². The Labute approximate surface area is 108 Å². The van der Waals surface area contributed by atoms with Gasteiger partial charge < -0.3 is 16.2 Å². The van der Waals surface area contributed by atoms with Crippen LogP contribution in [0.4, 0.5) is 0 Å². The first-order chi connectivity index (χ1) is 8.32. The van der Waals surface area contributed by atoms with Crippen LogP contribution in [0.15, 0.2) is 0 Å². The molecule has 4 N–H and O–H groups in total. The summed E-state index contributed by atoms with van der Waals surface area (Å²) in [6, 6.07) is 0. The molecule has 1 aliphatic rings. The minimum Gasteiger partial charge on any atom is -0.481 e. The maximum atomic E-state index is 11.7. The third-order valence-corrected chi connectivity index (χ3v) is 3.51. The number of carbonyl (C=O) groups excluding carboxylic acids is 1. The van der Waals surface area contributed by atoms with E-state index in [-0.39, 0.29) is 18.0 Å². The lowest BCUT2D eigenvalue weighted by Crippen LogP contribution is -2.50. The Morgan fingerprint density at radius 1 is 1.39 bits per heavy atom. The van der Waals surface area contributed by atoms with E-state index in [9.17, 15) is 9.59 Å². The fourth-order valence-corrected chi connectivity index (χ4v) is 2.27. The van der Waals surface area contributed by atoms with Gasteiger partial charge in [0.05, 0.1) is 5.92 Å². The summed E-state index contributed by atoms with van der Waals surface area (Å²) in [5, 5.41) is 11.7. The molecule has 1 unspecified atom stereocenters. The van der Waals surface area contributed by atoms with Gasteiger partial charge in [0.1, 0.15) is 0 Å². The van der Waals surface area contributed by atoms with Crippen LogP contribution in [0, 0.1) is 11.8 Å². The van der Waals surface area contributed by atoms with Gasteiger partial charge in [0.15, 0.2) is 0 Å². The van der Waals surface area contributed by atoms with Crippen molar-refractivity contribution in [3.63, 3.8) is 0 Å². The number of nitrogens with one attached hydrogen (secondary N) is 1. The summed E-state index contributed by atoms with van der Waals surface area (Å²) in [6.45, 7) is 4.14. The van der Waals surface area contributed by atoms with Gasteiger partial charge in [-0.05, 0) is 31.6 Å². The fourth-order valence-electron chi connectivity index (χ4n) is 2.27. The molecule has 1 rings (SSSR count). The Morgan fingerprint density at radius 3 is 2.39 bits per heavy atom. The molecule has 104 valence electrons. The number of carboxylic acid groups (broad SMARTS) is 1. The van der Waals surface area contributed by atoms with Crippen LogP contribution < -0.4 is 11.1 Å². The first-order valence-electron chi connectivity index (χ1n) is 6.61. The monoisotopic (exact) mass is 256 g/mol. The average molecular weight is 256 g/mol. The quantitative estimate of drug-likeness (QED) is 0.636. The van der Waals surface area contributed by atoms with Crippen LogP contribution in [-0.4, -0.2) is 29.1 Å². The Morgan fingerprint density at radius 2 is 2.00 bits per heavy atom. The van der Waals surface area contributed by atoms with E-state index in [4.69, 9.17) is 10.8 Å². The lowest BCUT2D eigenvalue weighted by Gasteiger charge is -2.37. The number of rotatable bonds is 7. The molecule has 1 saturated carbocycles. The van der Waals surface area contributed by atoms with E-state index in [2.05, 4.69) is 5.32 Å². The van der Waals surface area contributed by atoms with Crippen molar-refractivity contribution in [1.29, 1.82) is 0 Å². The highest BCUT2D eigenvalue weighted by atomic mass is 16.4. The van der Waals surface area contributed by atoms with Crippen molar-refractivity contribution in [3.05, 3.63) is 0 Å². The standard InChI is InChI=1S/C13H24N2O3/c1-9(2)6-10(12(17)18)8-15-11(16)7-13(14)4-3-5-13/h9-10H,3-8,14H2,1-2H3,(H,15,16)(H,17,18). The number of hydrogen-bond donors (Lipinski definition) is 3. The molecule has 5 heteroatoms. The number of carbonyl (C=O) groups is 2. The van der Waals surface area contributed by atoms with Gasteiger partial charge in [0.2, 0.25) is 5.91 Å². The molecule has 0 aromatic heterocycles. The molecule has 0 heterocycles. The molecule has 5 nitrogen and oxygen atoms in total. The van der Waals surface area contributed by atoms with Crippen molar-refractivity contribution in [1.82, 2.24) is 5.32 Å². The highest BCUT2D eigenvalue weighted by molar-refractivity contribution is 5.78. The summed E-state index contributed by atoms with van der Waals surface area (Å²) in [5.74, 6) is -1.19. The van der Waals surface area contributed by atoms with Crippen LogP contribution >= 0.6 is 0 Å². The Balaban J connectivity index is 2.32. The van der Waals surface area contributed by atoms with E-state index in [1.54, 1.807) is 0 Å². The molecule has 1 amide bonds. The van der Waals surface area contributed by atoms with Crippen molar-refractivity contribution in [2.24, 2.45) is 17.6 Å². The van der Waals surface area contributed by atoms with Crippen molar-refractivity contribution in [2.75, 3.05) is 6.54 Å². The maximum absolute atomic E-state index is 11.7. The minimum atomic E-state index is -0.852. The van der Waals surface area contributed by atoms with Gasteiger partial charge in [0, 0.05) is 18.5 Å². The summed E-state index contributed by atoms with van der Waals surface area (Å²) in [4.78, 5) is 22.7. The van der Waals surface area contributed by atoms with Crippen molar-refractivity contribution >= 4 is 11.9 Å². The van der Waals surface area contributed by atoms with Gasteiger partial charge in [0.25, 0.3) is 0 Å². The highest BCUT2D eigenvalue weighted by Crippen LogP contribution is 2.31. The lowest BCUT2D eigenvalue weighted by molar-refractivity contribution is -0.142. The number of carboxylic acids is 1. The fraction of sp³-hybridized carbons (Fsp3) is 0.846. The Bertz CT molecular complexity index is 311. The highest BCUT2D eigenvalue weighted by Gasteiger charge is 2.34. The second-order valence-corrected chi connectivity index (χ2v) is 5.86. The summed E-state index contributed by atoms with van der Waals surface area (Å²) in [7, 11) is 0. The number of amides is 1. The van der Waals surface area contributed by atoms with Crippen LogP contribution in [0.25, 0.3) is 0 Å². The molecule has 0 bridgehead atoms. The van der Waals surface area contributed by atoms with Gasteiger partial charge >= 0.3 is 5.97 Å². The minimum absolute atomic E-state index is 0.132. The number of nitrogens with two attached hydrogens (primary N) is 1. The summed E-state index contributed by atoms with van der Waals surface area (Å²) in [5.41, 5.74) is 5.63. The molecule has 1 atom stereocenters. The molecule has 0 spiro atoms. The topological polar surface area (TPSA) is 92.4 Å². The van der Waals surface area contributed by atoms with E-state index in [0.717, 1.165) is 19.3 Å². The zero-order valence-electron chi connectivity index (χ0n) is 11.2. The molecule has 1 fully saturated rings. The van der Waals surface area contributed by atoms with E-state index in [1.807, 2.05) is 13.8 Å². The second kappa shape index (κ2) is 6.18. The molecule has 0 aliphatic heterocycles. The first-order valence-corrected chi connectivity index (χ1v) is 6.61. The SMILES string of the molecule is CC(C)CC(CNC(=O)CC1(N)CCC1)C(=O)O. The van der Waals surface area contributed by atoms with Gasteiger partial charge in [-0.15, -0.1) is 0 Å². The molecular formula is C13H24N2O3. The van der Waals surface area contributed by atoms with Gasteiger partial charge in [-0.3, -0.25) is 9.59 Å². The molecule has 18 heavy (non-hydrogen) atoms. The number of hydrogen-bond acceptors (Lipinski definition) is 3. The average Bonchev–Trinajstić information content (AvgIpc) is 2.21. The molecule has 0 aromatic rings. The Hall–Kier alpha value is -1.10. The van der Waals surface area contributed by atoms with Crippen molar-refractivity contribution in [2.45, 2.75) is 51.5 Å². The second-order valence-electron chi connectivity index (χ2n) is 5.86. The predicted octanol–water partition coefficient (Wildman–Crippen LogP) is 1.12. The molecule has 0 radical (unpaired) electrons. The lowest BCUT2D eigenvalue weighted by atomic mass is 9.75. The largest absolute Gasteiger partial charge is 0.481 e. The summed E-state index contributed by atoms with van der Waals surface area (Å²) < 4.78 is 0. The first kappa shape index (κ1) is 15.0. The maximum Gasteiger partial charge on any atom is 0.308 e. The van der Waals surface area contributed by atoms with Crippen LogP contribution in [0.2, 0.25) is 0 Å². The van der Waals surface area contributed by atoms with E-state index in [1.165, 1.54) is 0 Å². The molecule has 0 saturated heterocycles. The van der Waals surface area contributed by atoms with Crippen molar-refractivity contribution in [3.8, 4) is 0 Å².